The third kappa shape index (κ3) is 2.60. The van der Waals surface area contributed by atoms with Crippen LogP contribution < -0.4 is 5.32 Å². The first-order valence-electron chi connectivity index (χ1n) is 7.70. The van der Waals surface area contributed by atoms with Gasteiger partial charge in [-0.2, -0.15) is 4.98 Å². The number of hydrogen-bond donors (Lipinski definition) is 1. The molecule has 0 radical (unpaired) electrons. The van der Waals surface area contributed by atoms with Crippen LogP contribution in [0.4, 0.5) is 0 Å². The molecule has 1 aliphatic rings. The van der Waals surface area contributed by atoms with Crippen LogP contribution in [0.1, 0.15) is 43.1 Å². The van der Waals surface area contributed by atoms with E-state index in [1.165, 1.54) is 11.1 Å². The van der Waals surface area contributed by atoms with Gasteiger partial charge in [-0.1, -0.05) is 43.3 Å². The first-order valence-corrected chi connectivity index (χ1v) is 7.70. The molecule has 1 aliphatic heterocycles. The highest BCUT2D eigenvalue weighted by molar-refractivity contribution is 5.28. The van der Waals surface area contributed by atoms with E-state index < -0.39 is 0 Å². The topological polar surface area (TPSA) is 51.0 Å². The van der Waals surface area contributed by atoms with Crippen LogP contribution in [0.15, 0.2) is 28.8 Å². The molecule has 0 amide bonds. The molecule has 0 spiro atoms. The lowest BCUT2D eigenvalue weighted by molar-refractivity contribution is 0.234. The summed E-state index contributed by atoms with van der Waals surface area (Å²) in [5.74, 6) is 2.07. The van der Waals surface area contributed by atoms with Crippen molar-refractivity contribution in [3.05, 3.63) is 47.1 Å². The normalized spacial score (nSPS) is 22.1. The Morgan fingerprint density at radius 3 is 2.81 bits per heavy atom. The largest absolute Gasteiger partial charge is 0.339 e. The van der Waals surface area contributed by atoms with E-state index in [4.69, 9.17) is 9.51 Å². The summed E-state index contributed by atoms with van der Waals surface area (Å²) in [4.78, 5) is 4.70. The Hall–Kier alpha value is -1.68. The summed E-state index contributed by atoms with van der Waals surface area (Å²) in [7, 11) is 0. The molecular weight excluding hydrogens is 262 g/mol. The van der Waals surface area contributed by atoms with Crippen LogP contribution in [-0.2, 0) is 11.8 Å². The van der Waals surface area contributed by atoms with Gasteiger partial charge in [-0.05, 0) is 36.9 Å². The minimum absolute atomic E-state index is 0.00299. The Morgan fingerprint density at radius 2 is 2.14 bits per heavy atom. The van der Waals surface area contributed by atoms with Crippen LogP contribution in [0, 0.1) is 12.8 Å². The average molecular weight is 285 g/mol. The van der Waals surface area contributed by atoms with Gasteiger partial charge in [0.05, 0.1) is 5.41 Å². The van der Waals surface area contributed by atoms with Crippen LogP contribution in [0.3, 0.4) is 0 Å². The van der Waals surface area contributed by atoms with Gasteiger partial charge in [0.25, 0.3) is 0 Å². The number of benzene rings is 1. The highest BCUT2D eigenvalue weighted by atomic mass is 16.5. The number of aryl methyl sites for hydroxylation is 1. The molecule has 112 valence electrons. The number of hydrogen-bond acceptors (Lipinski definition) is 4. The lowest BCUT2D eigenvalue weighted by atomic mass is 9.76. The van der Waals surface area contributed by atoms with E-state index in [0.717, 1.165) is 37.6 Å². The molecule has 1 fully saturated rings. The molecule has 2 heterocycles. The number of nitrogens with one attached hydrogen (secondary N) is 1. The van der Waals surface area contributed by atoms with Crippen molar-refractivity contribution < 1.29 is 4.52 Å². The predicted octanol–water partition coefficient (Wildman–Crippen LogP) is 2.86. The third-order valence-electron chi connectivity index (χ3n) is 4.80. The molecule has 1 unspecified atom stereocenters. The Kier molecular flexibility index (Phi) is 3.81. The van der Waals surface area contributed by atoms with Crippen LogP contribution in [0.2, 0.25) is 0 Å². The fourth-order valence-electron chi connectivity index (χ4n) is 3.14. The van der Waals surface area contributed by atoms with E-state index in [2.05, 4.69) is 55.5 Å². The third-order valence-corrected chi connectivity index (χ3v) is 4.80. The molecule has 1 saturated heterocycles. The van der Waals surface area contributed by atoms with Crippen molar-refractivity contribution in [2.45, 2.75) is 39.0 Å². The molecule has 4 heteroatoms. The first-order chi connectivity index (χ1) is 10.1. The van der Waals surface area contributed by atoms with Gasteiger partial charge in [0, 0.05) is 13.0 Å². The molecule has 1 N–H and O–H groups in total. The predicted molar refractivity (Wildman–Crippen MR) is 82.3 cm³/mol. The van der Waals surface area contributed by atoms with Crippen molar-refractivity contribution in [1.29, 1.82) is 0 Å². The fraction of sp³-hybridized carbons (Fsp3) is 0.529. The monoisotopic (exact) mass is 285 g/mol. The van der Waals surface area contributed by atoms with Gasteiger partial charge in [0.2, 0.25) is 5.89 Å². The number of rotatable bonds is 4. The van der Waals surface area contributed by atoms with Crippen LogP contribution in [0.5, 0.6) is 0 Å². The summed E-state index contributed by atoms with van der Waals surface area (Å²) < 4.78 is 5.62. The maximum absolute atomic E-state index is 5.62. The molecule has 3 rings (SSSR count). The molecule has 0 saturated carbocycles. The first kappa shape index (κ1) is 14.3. The summed E-state index contributed by atoms with van der Waals surface area (Å²) in [5, 5.41) is 7.64. The molecule has 4 nitrogen and oxygen atoms in total. The van der Waals surface area contributed by atoms with Crippen molar-refractivity contribution >= 4 is 0 Å². The molecule has 0 bridgehead atoms. The Balaban J connectivity index is 1.85. The van der Waals surface area contributed by atoms with Crippen LogP contribution in [0.25, 0.3) is 0 Å². The van der Waals surface area contributed by atoms with Gasteiger partial charge < -0.3 is 9.84 Å². The second-order valence-electron chi connectivity index (χ2n) is 6.36. The molecule has 1 aromatic carbocycles. The van der Waals surface area contributed by atoms with Crippen molar-refractivity contribution in [2.24, 2.45) is 5.92 Å². The summed E-state index contributed by atoms with van der Waals surface area (Å²) in [6, 6.07) is 8.35. The van der Waals surface area contributed by atoms with E-state index in [0.29, 0.717) is 5.92 Å². The second kappa shape index (κ2) is 5.60. The van der Waals surface area contributed by atoms with Crippen molar-refractivity contribution in [2.75, 3.05) is 13.1 Å². The van der Waals surface area contributed by atoms with E-state index in [1.54, 1.807) is 0 Å². The quantitative estimate of drug-likeness (QED) is 0.938. The standard InChI is InChI=1S/C17H23N3O/c1-12(2)17(8-9-18-11-17)16-19-15(20-21-16)10-14-7-5-4-6-13(14)3/h4-7,12,18H,8-11H2,1-3H3. The van der Waals surface area contributed by atoms with E-state index >= 15 is 0 Å². The average Bonchev–Trinajstić information content (AvgIpc) is 3.10. The van der Waals surface area contributed by atoms with Crippen molar-refractivity contribution in [1.82, 2.24) is 15.5 Å². The zero-order valence-corrected chi connectivity index (χ0v) is 13.0. The van der Waals surface area contributed by atoms with Crippen LogP contribution in [-0.4, -0.2) is 23.2 Å². The van der Waals surface area contributed by atoms with Crippen molar-refractivity contribution in [3.8, 4) is 0 Å². The zero-order valence-electron chi connectivity index (χ0n) is 13.0. The summed E-state index contributed by atoms with van der Waals surface area (Å²) in [6.45, 7) is 8.54. The van der Waals surface area contributed by atoms with Gasteiger partial charge in [-0.25, -0.2) is 0 Å². The lowest BCUT2D eigenvalue weighted by Gasteiger charge is -2.28. The maximum atomic E-state index is 5.62. The van der Waals surface area contributed by atoms with Gasteiger partial charge in [0.1, 0.15) is 0 Å². The Bertz CT molecular complexity index is 612. The second-order valence-corrected chi connectivity index (χ2v) is 6.36. The highest BCUT2D eigenvalue weighted by Gasteiger charge is 2.43. The molecule has 2 aromatic rings. The SMILES string of the molecule is Cc1ccccc1Cc1noc(C2(C(C)C)CCNC2)n1. The van der Waals surface area contributed by atoms with Gasteiger partial charge >= 0.3 is 0 Å². The molecule has 21 heavy (non-hydrogen) atoms. The summed E-state index contributed by atoms with van der Waals surface area (Å²) in [5.41, 5.74) is 2.52. The molecular formula is C17H23N3O. The maximum Gasteiger partial charge on any atom is 0.234 e. The highest BCUT2D eigenvalue weighted by Crippen LogP contribution is 2.37. The van der Waals surface area contributed by atoms with E-state index in [1.807, 2.05) is 0 Å². The Morgan fingerprint density at radius 1 is 1.33 bits per heavy atom. The van der Waals surface area contributed by atoms with Gasteiger partial charge in [0.15, 0.2) is 5.82 Å². The van der Waals surface area contributed by atoms with Gasteiger partial charge in [-0.3, -0.25) is 0 Å². The molecule has 1 atom stereocenters. The lowest BCUT2D eigenvalue weighted by Crippen LogP contribution is -2.35. The van der Waals surface area contributed by atoms with E-state index in [-0.39, 0.29) is 5.41 Å². The minimum atomic E-state index is -0.00299. The summed E-state index contributed by atoms with van der Waals surface area (Å²) >= 11 is 0. The Labute approximate surface area is 126 Å². The fourth-order valence-corrected chi connectivity index (χ4v) is 3.14. The summed E-state index contributed by atoms with van der Waals surface area (Å²) in [6.07, 6.45) is 1.80. The number of nitrogens with zero attached hydrogens (tertiary/aromatic N) is 2. The zero-order chi connectivity index (χ0) is 14.9. The minimum Gasteiger partial charge on any atom is -0.339 e. The smallest absolute Gasteiger partial charge is 0.234 e. The molecule has 0 aliphatic carbocycles. The van der Waals surface area contributed by atoms with Crippen LogP contribution >= 0.6 is 0 Å². The van der Waals surface area contributed by atoms with Gasteiger partial charge in [-0.15, -0.1) is 0 Å². The molecule has 1 aromatic heterocycles. The van der Waals surface area contributed by atoms with E-state index in [9.17, 15) is 0 Å². The van der Waals surface area contributed by atoms with Crippen molar-refractivity contribution in [3.63, 3.8) is 0 Å². The number of aromatic nitrogens is 2.